The molecule has 0 spiro atoms. The third kappa shape index (κ3) is 1.23. The summed E-state index contributed by atoms with van der Waals surface area (Å²) in [6, 6.07) is 8.63. The van der Waals surface area contributed by atoms with Gasteiger partial charge in [-0.15, -0.1) is 0 Å². The average molecular weight is 298 g/mol. The van der Waals surface area contributed by atoms with Gasteiger partial charge in [-0.1, -0.05) is 28.1 Å². The first-order valence-electron chi connectivity index (χ1n) is 5.36. The molecule has 0 bridgehead atoms. The lowest BCUT2D eigenvalue weighted by molar-refractivity contribution is -0.685. The molecule has 3 rings (SSSR count). The van der Waals surface area contributed by atoms with Crippen molar-refractivity contribution in [2.24, 2.45) is 7.05 Å². The van der Waals surface area contributed by atoms with Gasteiger partial charge in [-0.2, -0.15) is 0 Å². The molecule has 1 atom stereocenters. The number of aryl methyl sites for hydroxylation is 1. The predicted octanol–water partition coefficient (Wildman–Crippen LogP) is 2.68. The van der Waals surface area contributed by atoms with Crippen molar-refractivity contribution in [2.75, 3.05) is 11.1 Å². The maximum atomic E-state index is 3.65. The standard InChI is InChI=1S/C12H14BrN2S/c1-12(7-13)8-16-11-14(2)9-5-3-4-6-10(9)15(11)12/h3-6H,7-8H2,1-2H3/q+1/t12-/m0/s1. The van der Waals surface area contributed by atoms with Crippen LogP contribution in [-0.2, 0) is 12.6 Å². The molecule has 2 aromatic rings. The summed E-state index contributed by atoms with van der Waals surface area (Å²) < 4.78 is 4.77. The molecule has 0 aliphatic carbocycles. The first kappa shape index (κ1) is 10.7. The van der Waals surface area contributed by atoms with Gasteiger partial charge in [-0.3, -0.25) is 0 Å². The monoisotopic (exact) mass is 297 g/mol. The molecule has 1 aromatic heterocycles. The topological polar surface area (TPSA) is 8.81 Å². The first-order chi connectivity index (χ1) is 7.67. The Morgan fingerprint density at radius 2 is 2.25 bits per heavy atom. The number of nitrogens with zero attached hydrogens (tertiary/aromatic N) is 2. The Hall–Kier alpha value is -0.480. The number of hydrogen-bond acceptors (Lipinski definition) is 1. The van der Waals surface area contributed by atoms with Gasteiger partial charge in [0.25, 0.3) is 0 Å². The third-order valence-corrected chi connectivity index (χ3v) is 5.99. The summed E-state index contributed by atoms with van der Waals surface area (Å²) in [4.78, 5) is 0. The van der Waals surface area contributed by atoms with Crippen LogP contribution in [0.4, 0.5) is 0 Å². The van der Waals surface area contributed by atoms with Crippen LogP contribution >= 0.6 is 27.7 Å². The summed E-state index contributed by atoms with van der Waals surface area (Å²) in [5, 5.41) is 2.36. The third-order valence-electron chi connectivity index (χ3n) is 3.30. The van der Waals surface area contributed by atoms with E-state index in [0.29, 0.717) is 0 Å². The van der Waals surface area contributed by atoms with Gasteiger partial charge in [0.1, 0.15) is 5.54 Å². The van der Waals surface area contributed by atoms with Crippen LogP contribution in [0.5, 0.6) is 0 Å². The molecule has 4 heteroatoms. The van der Waals surface area contributed by atoms with E-state index in [2.05, 4.69) is 63.3 Å². The highest BCUT2D eigenvalue weighted by molar-refractivity contribution is 9.09. The molecule has 1 aliphatic heterocycles. The fraction of sp³-hybridized carbons (Fsp3) is 0.417. The Kier molecular flexibility index (Phi) is 2.33. The minimum absolute atomic E-state index is 0.195. The Labute approximate surface area is 108 Å². The molecular formula is C12H14BrN2S+. The van der Waals surface area contributed by atoms with Crippen molar-refractivity contribution in [3.8, 4) is 0 Å². The highest BCUT2D eigenvalue weighted by Gasteiger charge is 2.44. The minimum atomic E-state index is 0.195. The number of hydrogen-bond donors (Lipinski definition) is 0. The fourth-order valence-corrected chi connectivity index (χ4v) is 4.48. The zero-order valence-electron chi connectivity index (χ0n) is 9.40. The normalized spacial score (nSPS) is 23.9. The van der Waals surface area contributed by atoms with Crippen molar-refractivity contribution >= 4 is 38.7 Å². The fourth-order valence-electron chi connectivity index (χ4n) is 2.36. The molecule has 0 fully saturated rings. The van der Waals surface area contributed by atoms with Crippen LogP contribution in [-0.4, -0.2) is 15.7 Å². The zero-order chi connectivity index (χ0) is 11.3. The molecule has 16 heavy (non-hydrogen) atoms. The summed E-state index contributed by atoms with van der Waals surface area (Å²) in [5.41, 5.74) is 2.85. The van der Waals surface area contributed by atoms with Crippen LogP contribution in [0.3, 0.4) is 0 Å². The number of para-hydroxylation sites is 2. The number of halogens is 1. The first-order valence-corrected chi connectivity index (χ1v) is 7.47. The molecular weight excluding hydrogens is 284 g/mol. The highest BCUT2D eigenvalue weighted by atomic mass is 79.9. The average Bonchev–Trinajstić information content (AvgIpc) is 2.80. The van der Waals surface area contributed by atoms with Gasteiger partial charge in [0.05, 0.1) is 7.05 Å². The van der Waals surface area contributed by atoms with Crippen molar-refractivity contribution in [3.05, 3.63) is 24.3 Å². The summed E-state index contributed by atoms with van der Waals surface area (Å²) in [6.07, 6.45) is 0. The lowest BCUT2D eigenvalue weighted by Crippen LogP contribution is -2.32. The van der Waals surface area contributed by atoms with Crippen LogP contribution in [0, 0.1) is 0 Å². The van der Waals surface area contributed by atoms with E-state index in [0.717, 1.165) is 11.1 Å². The Morgan fingerprint density at radius 3 is 3.00 bits per heavy atom. The smallest absolute Gasteiger partial charge is 0.220 e. The molecule has 2 nitrogen and oxygen atoms in total. The molecule has 0 N–H and O–H groups in total. The lowest BCUT2D eigenvalue weighted by atomic mass is 10.1. The number of imidazole rings is 1. The van der Waals surface area contributed by atoms with Gasteiger partial charge in [0, 0.05) is 11.1 Å². The molecule has 0 radical (unpaired) electrons. The van der Waals surface area contributed by atoms with Crippen LogP contribution in [0.25, 0.3) is 11.0 Å². The van der Waals surface area contributed by atoms with Crippen molar-refractivity contribution in [1.29, 1.82) is 0 Å². The quantitative estimate of drug-likeness (QED) is 0.581. The van der Waals surface area contributed by atoms with E-state index < -0.39 is 0 Å². The van der Waals surface area contributed by atoms with Crippen molar-refractivity contribution in [3.63, 3.8) is 0 Å². The summed E-state index contributed by atoms with van der Waals surface area (Å²) in [7, 11) is 2.15. The molecule has 2 heterocycles. The molecule has 0 amide bonds. The van der Waals surface area contributed by atoms with Gasteiger partial charge < -0.3 is 0 Å². The van der Waals surface area contributed by atoms with Gasteiger partial charge >= 0.3 is 5.16 Å². The number of fused-ring (bicyclic) bond motifs is 3. The van der Waals surface area contributed by atoms with Crippen LogP contribution < -0.4 is 4.57 Å². The van der Waals surface area contributed by atoms with E-state index in [4.69, 9.17) is 0 Å². The number of rotatable bonds is 1. The number of benzene rings is 1. The maximum absolute atomic E-state index is 3.65. The summed E-state index contributed by atoms with van der Waals surface area (Å²) in [5.74, 6) is 1.15. The molecule has 1 aliphatic rings. The SMILES string of the molecule is C[n+]1c2n(c3ccccc31)[C@@](C)(CBr)CS2. The minimum Gasteiger partial charge on any atom is -0.220 e. The Morgan fingerprint density at radius 1 is 1.50 bits per heavy atom. The maximum Gasteiger partial charge on any atom is 0.319 e. The second-order valence-electron chi connectivity index (χ2n) is 4.58. The number of aromatic nitrogens is 2. The van der Waals surface area contributed by atoms with Crippen LogP contribution in [0.2, 0.25) is 0 Å². The van der Waals surface area contributed by atoms with E-state index in [9.17, 15) is 0 Å². The van der Waals surface area contributed by atoms with Crippen molar-refractivity contribution < 1.29 is 4.57 Å². The lowest BCUT2D eigenvalue weighted by Gasteiger charge is -2.17. The van der Waals surface area contributed by atoms with E-state index in [-0.39, 0.29) is 5.54 Å². The summed E-state index contributed by atoms with van der Waals surface area (Å²) >= 11 is 5.60. The number of alkyl halides is 1. The van der Waals surface area contributed by atoms with E-state index in [1.807, 2.05) is 11.8 Å². The molecule has 0 saturated carbocycles. The van der Waals surface area contributed by atoms with E-state index in [1.165, 1.54) is 16.2 Å². The van der Waals surface area contributed by atoms with Gasteiger partial charge in [-0.05, 0) is 30.8 Å². The number of thioether (sulfide) groups is 1. The van der Waals surface area contributed by atoms with Crippen LogP contribution in [0.1, 0.15) is 6.92 Å². The van der Waals surface area contributed by atoms with Gasteiger partial charge in [0.2, 0.25) is 0 Å². The van der Waals surface area contributed by atoms with Crippen molar-refractivity contribution in [2.45, 2.75) is 17.6 Å². The molecule has 0 unspecified atom stereocenters. The van der Waals surface area contributed by atoms with Crippen LogP contribution in [0.15, 0.2) is 29.4 Å². The summed E-state index contributed by atoms with van der Waals surface area (Å²) in [6.45, 7) is 2.32. The molecule has 0 saturated heterocycles. The Balaban J connectivity index is 2.40. The molecule has 84 valence electrons. The second kappa shape index (κ2) is 3.50. The van der Waals surface area contributed by atoms with E-state index in [1.54, 1.807) is 0 Å². The predicted molar refractivity (Wildman–Crippen MR) is 71.3 cm³/mol. The van der Waals surface area contributed by atoms with E-state index >= 15 is 0 Å². The zero-order valence-corrected chi connectivity index (χ0v) is 11.8. The van der Waals surface area contributed by atoms with Gasteiger partial charge in [-0.25, -0.2) is 9.13 Å². The Bertz CT molecular complexity index is 563. The van der Waals surface area contributed by atoms with Gasteiger partial charge in [0.15, 0.2) is 11.0 Å². The largest absolute Gasteiger partial charge is 0.319 e. The highest BCUT2D eigenvalue weighted by Crippen LogP contribution is 2.40. The second-order valence-corrected chi connectivity index (χ2v) is 6.09. The van der Waals surface area contributed by atoms with Crippen molar-refractivity contribution in [1.82, 2.24) is 4.57 Å². The molecule has 1 aromatic carbocycles.